The molecule has 4 aromatic rings. The lowest BCUT2D eigenvalue weighted by Crippen LogP contribution is -2.13. The summed E-state index contributed by atoms with van der Waals surface area (Å²) in [6, 6.07) is 18.7. The van der Waals surface area contributed by atoms with Crippen LogP contribution in [0.4, 0.5) is 5.88 Å². The van der Waals surface area contributed by atoms with Crippen LogP contribution >= 0.6 is 11.3 Å². The van der Waals surface area contributed by atoms with E-state index in [2.05, 4.69) is 28.9 Å². The van der Waals surface area contributed by atoms with Crippen molar-refractivity contribution < 1.29 is 17.7 Å². The topological polar surface area (TPSA) is 89.3 Å². The Balaban J connectivity index is 0.000000352. The Labute approximate surface area is 192 Å². The molecule has 6 nitrogen and oxygen atoms in total. The van der Waals surface area contributed by atoms with Crippen molar-refractivity contribution in [1.82, 2.24) is 5.16 Å². The summed E-state index contributed by atoms with van der Waals surface area (Å²) in [5.74, 6) is -0.0310. The Morgan fingerprint density at radius 1 is 0.969 bits per heavy atom. The van der Waals surface area contributed by atoms with Crippen LogP contribution < -0.4 is 4.72 Å². The van der Waals surface area contributed by atoms with Gasteiger partial charge in [0, 0.05) is 16.7 Å². The molecule has 2 aromatic carbocycles. The minimum Gasteiger partial charge on any atom is -0.337 e. The van der Waals surface area contributed by atoms with Gasteiger partial charge in [0.05, 0.1) is 10.6 Å². The molecule has 166 valence electrons. The molecule has 32 heavy (non-hydrogen) atoms. The van der Waals surface area contributed by atoms with Crippen LogP contribution in [0.1, 0.15) is 34.1 Å². The van der Waals surface area contributed by atoms with E-state index in [-0.39, 0.29) is 16.6 Å². The summed E-state index contributed by atoms with van der Waals surface area (Å²) < 4.78 is 33.1. The van der Waals surface area contributed by atoms with Crippen molar-refractivity contribution >= 4 is 33.0 Å². The molecule has 1 N–H and O–H groups in total. The van der Waals surface area contributed by atoms with Gasteiger partial charge < -0.3 is 4.52 Å². The number of anilines is 1. The molecule has 2 heterocycles. The summed E-state index contributed by atoms with van der Waals surface area (Å²) in [7, 11) is -3.89. The highest BCUT2D eigenvalue weighted by molar-refractivity contribution is 7.93. The van der Waals surface area contributed by atoms with Crippen LogP contribution in [0.25, 0.3) is 10.4 Å². The molecule has 0 saturated carbocycles. The first-order chi connectivity index (χ1) is 15.2. The zero-order chi connectivity index (χ0) is 23.3. The van der Waals surface area contributed by atoms with Crippen LogP contribution in [0.5, 0.6) is 0 Å². The fourth-order valence-corrected chi connectivity index (χ4v) is 5.45. The number of carbonyl (C=O) groups is 1. The molecule has 8 heteroatoms. The molecule has 4 rings (SSSR count). The predicted octanol–water partition coefficient (Wildman–Crippen LogP) is 6.02. The molecule has 0 aliphatic rings. The number of nitrogens with one attached hydrogen (secondary N) is 1. The quantitative estimate of drug-likeness (QED) is 0.362. The number of benzene rings is 2. The molecule has 0 bridgehead atoms. The van der Waals surface area contributed by atoms with Gasteiger partial charge in [-0.3, -0.25) is 4.79 Å². The van der Waals surface area contributed by atoms with Gasteiger partial charge in [0.2, 0.25) is 5.88 Å². The van der Waals surface area contributed by atoms with E-state index in [1.165, 1.54) is 29.9 Å². The molecule has 0 amide bonds. The van der Waals surface area contributed by atoms with Gasteiger partial charge >= 0.3 is 0 Å². The Hall–Kier alpha value is -3.23. The lowest BCUT2D eigenvalue weighted by Gasteiger charge is -2.09. The number of sulfonamides is 1. The number of thiophene rings is 1. The molecule has 0 radical (unpaired) electrons. The van der Waals surface area contributed by atoms with E-state index in [4.69, 9.17) is 4.52 Å². The van der Waals surface area contributed by atoms with Crippen molar-refractivity contribution in [2.24, 2.45) is 0 Å². The molecule has 0 spiro atoms. The first-order valence-electron chi connectivity index (χ1n) is 9.86. The molecular formula is C24H24N2O4S2. The van der Waals surface area contributed by atoms with Crippen molar-refractivity contribution in [1.29, 1.82) is 0 Å². The fraction of sp³-hybridized carbons (Fsp3) is 0.167. The molecular weight excluding hydrogens is 444 g/mol. The molecule has 0 fully saturated rings. The average Bonchev–Trinajstić information content (AvgIpc) is 3.38. The highest BCUT2D eigenvalue weighted by atomic mass is 32.2. The third-order valence-corrected chi connectivity index (χ3v) is 7.24. The second-order valence-electron chi connectivity index (χ2n) is 7.20. The number of nitrogens with zero attached hydrogens (tertiary/aromatic N) is 1. The largest absolute Gasteiger partial charge is 0.337 e. The van der Waals surface area contributed by atoms with Crippen molar-refractivity contribution in [3.8, 4) is 10.4 Å². The SMILES string of the molecule is CC(=O)c1ccccc1-c1sccc1S(=O)(=O)Nc1onc(C)c1C.Cc1ccccc1. The minimum absolute atomic E-state index is 0.0921. The number of hydrogen-bond donors (Lipinski definition) is 1. The van der Waals surface area contributed by atoms with E-state index in [0.29, 0.717) is 27.3 Å². The summed E-state index contributed by atoms with van der Waals surface area (Å²) in [5.41, 5.74) is 3.64. The van der Waals surface area contributed by atoms with Gasteiger partial charge in [0.15, 0.2) is 5.78 Å². The van der Waals surface area contributed by atoms with Crippen LogP contribution in [0.3, 0.4) is 0 Å². The van der Waals surface area contributed by atoms with Gasteiger partial charge in [-0.15, -0.1) is 11.3 Å². The predicted molar refractivity (Wildman–Crippen MR) is 128 cm³/mol. The van der Waals surface area contributed by atoms with Crippen LogP contribution in [0, 0.1) is 20.8 Å². The molecule has 2 aromatic heterocycles. The third kappa shape index (κ3) is 5.33. The highest BCUT2D eigenvalue weighted by Crippen LogP contribution is 2.36. The normalized spacial score (nSPS) is 10.9. The molecule has 0 aliphatic carbocycles. The third-order valence-electron chi connectivity index (χ3n) is 4.79. The Kier molecular flexibility index (Phi) is 7.27. The van der Waals surface area contributed by atoms with Crippen molar-refractivity contribution in [2.45, 2.75) is 32.6 Å². The zero-order valence-corrected chi connectivity index (χ0v) is 19.9. The number of carbonyl (C=O) groups excluding carboxylic acids is 1. The summed E-state index contributed by atoms with van der Waals surface area (Å²) in [5, 5.41) is 5.44. The van der Waals surface area contributed by atoms with E-state index in [9.17, 15) is 13.2 Å². The standard InChI is InChI=1S/C17H16N2O4S2.C7H8/c1-10-11(2)18-23-17(10)19-25(21,22)15-8-9-24-16(15)14-7-5-4-6-13(14)12(3)20;1-7-5-3-2-4-6-7/h4-9,19H,1-3H3;2-6H,1H3. The fourth-order valence-electron chi connectivity index (χ4n) is 2.92. The van der Waals surface area contributed by atoms with Crippen molar-refractivity contribution in [2.75, 3.05) is 4.72 Å². The van der Waals surface area contributed by atoms with E-state index in [1.54, 1.807) is 43.5 Å². The maximum atomic E-state index is 12.8. The number of Topliss-reactive ketones (excluding diaryl/α,β-unsaturated/α-hetero) is 1. The Bertz CT molecular complexity index is 1320. The van der Waals surface area contributed by atoms with Gasteiger partial charge in [-0.05, 0) is 39.1 Å². The molecule has 0 saturated heterocycles. The van der Waals surface area contributed by atoms with E-state index < -0.39 is 10.0 Å². The Morgan fingerprint density at radius 3 is 2.19 bits per heavy atom. The lowest BCUT2D eigenvalue weighted by molar-refractivity contribution is 0.101. The van der Waals surface area contributed by atoms with Gasteiger partial charge in [0.1, 0.15) is 4.90 Å². The smallest absolute Gasteiger partial charge is 0.265 e. The van der Waals surface area contributed by atoms with Gasteiger partial charge in [-0.2, -0.15) is 0 Å². The summed E-state index contributed by atoms with van der Waals surface area (Å²) in [4.78, 5) is 12.5. The lowest BCUT2D eigenvalue weighted by atomic mass is 10.0. The van der Waals surface area contributed by atoms with Crippen LogP contribution in [0.2, 0.25) is 0 Å². The monoisotopic (exact) mass is 468 g/mol. The number of hydrogen-bond acceptors (Lipinski definition) is 6. The summed E-state index contributed by atoms with van der Waals surface area (Å²) >= 11 is 1.26. The number of ketones is 1. The maximum Gasteiger partial charge on any atom is 0.265 e. The molecule has 0 unspecified atom stereocenters. The summed E-state index contributed by atoms with van der Waals surface area (Å²) in [6.07, 6.45) is 0. The van der Waals surface area contributed by atoms with Crippen LogP contribution in [-0.2, 0) is 10.0 Å². The second kappa shape index (κ2) is 9.93. The average molecular weight is 469 g/mol. The van der Waals surface area contributed by atoms with Crippen LogP contribution in [-0.4, -0.2) is 19.4 Å². The number of aromatic nitrogens is 1. The van der Waals surface area contributed by atoms with E-state index >= 15 is 0 Å². The molecule has 0 aliphatic heterocycles. The van der Waals surface area contributed by atoms with Crippen molar-refractivity contribution in [3.63, 3.8) is 0 Å². The van der Waals surface area contributed by atoms with E-state index in [1.807, 2.05) is 18.2 Å². The zero-order valence-electron chi connectivity index (χ0n) is 18.2. The van der Waals surface area contributed by atoms with Crippen LogP contribution in [0.15, 0.2) is 75.5 Å². The van der Waals surface area contributed by atoms with Crippen molar-refractivity contribution in [3.05, 3.63) is 88.4 Å². The molecule has 0 atom stereocenters. The second-order valence-corrected chi connectivity index (χ2v) is 9.76. The highest BCUT2D eigenvalue weighted by Gasteiger charge is 2.25. The number of aryl methyl sites for hydroxylation is 2. The van der Waals surface area contributed by atoms with E-state index in [0.717, 1.165) is 0 Å². The first-order valence-corrected chi connectivity index (χ1v) is 12.2. The Morgan fingerprint density at radius 2 is 1.62 bits per heavy atom. The maximum absolute atomic E-state index is 12.8. The first kappa shape index (κ1) is 23.4. The number of rotatable bonds is 5. The summed E-state index contributed by atoms with van der Waals surface area (Å²) in [6.45, 7) is 7.00. The van der Waals surface area contributed by atoms with Gasteiger partial charge in [0.25, 0.3) is 10.0 Å². The minimum atomic E-state index is -3.89. The van der Waals surface area contributed by atoms with Gasteiger partial charge in [-0.25, -0.2) is 13.1 Å². The van der Waals surface area contributed by atoms with Gasteiger partial charge in [-0.1, -0.05) is 65.3 Å².